The topological polar surface area (TPSA) is 106 Å². The molecule has 3 N–H and O–H groups in total. The van der Waals surface area contributed by atoms with E-state index in [0.717, 1.165) is 0 Å². The molecule has 2 aliphatic rings. The molecule has 2 heterocycles. The molecule has 1 saturated heterocycles. The highest BCUT2D eigenvalue weighted by Gasteiger charge is 2.46. The van der Waals surface area contributed by atoms with Crippen LogP contribution in [0.1, 0.15) is 25.3 Å². The predicted molar refractivity (Wildman–Crippen MR) is 109 cm³/mol. The van der Waals surface area contributed by atoms with Gasteiger partial charge in [0.15, 0.2) is 5.50 Å². The molecule has 2 fully saturated rings. The SMILES string of the molecule is COCCn1c(=O)n(C2NC(C)NS2)c2cc(S(=O)(=O)NC3(CF)CC3)ccc21. The lowest BCUT2D eigenvalue weighted by Crippen LogP contribution is -2.38. The van der Waals surface area contributed by atoms with E-state index in [9.17, 15) is 17.6 Å². The number of rotatable bonds is 8. The van der Waals surface area contributed by atoms with Crippen molar-refractivity contribution in [3.63, 3.8) is 0 Å². The van der Waals surface area contributed by atoms with Gasteiger partial charge in [-0.25, -0.2) is 27.0 Å². The zero-order valence-corrected chi connectivity index (χ0v) is 17.8. The van der Waals surface area contributed by atoms with E-state index in [0.29, 0.717) is 37.0 Å². The molecule has 0 bridgehead atoms. The van der Waals surface area contributed by atoms with E-state index in [1.54, 1.807) is 17.7 Å². The fourth-order valence-corrected chi connectivity index (χ4v) is 5.83. The lowest BCUT2D eigenvalue weighted by Gasteiger charge is -2.15. The molecule has 1 aliphatic carbocycles. The average Bonchev–Trinajstić information content (AvgIpc) is 3.23. The van der Waals surface area contributed by atoms with Gasteiger partial charge in [-0.3, -0.25) is 14.5 Å². The van der Waals surface area contributed by atoms with Gasteiger partial charge in [0, 0.05) is 7.11 Å². The molecule has 0 amide bonds. The Morgan fingerprint density at radius 1 is 1.38 bits per heavy atom. The summed E-state index contributed by atoms with van der Waals surface area (Å²) in [6.45, 7) is 1.88. The highest BCUT2D eigenvalue weighted by Crippen LogP contribution is 2.37. The molecular weight excluding hydrogens is 421 g/mol. The van der Waals surface area contributed by atoms with Gasteiger partial charge in [-0.2, -0.15) is 0 Å². The fourth-order valence-electron chi connectivity index (χ4n) is 3.39. The van der Waals surface area contributed by atoms with E-state index < -0.39 is 27.7 Å². The Hall–Kier alpha value is -1.44. The Kier molecular flexibility index (Phi) is 5.51. The summed E-state index contributed by atoms with van der Waals surface area (Å²) in [5.74, 6) is 0. The summed E-state index contributed by atoms with van der Waals surface area (Å²) in [5, 5.41) is 3.24. The van der Waals surface area contributed by atoms with Crippen molar-refractivity contribution in [1.82, 2.24) is 23.9 Å². The maximum Gasteiger partial charge on any atom is 0.331 e. The summed E-state index contributed by atoms with van der Waals surface area (Å²) in [4.78, 5) is 13.1. The number of hydrogen-bond donors (Lipinski definition) is 3. The third-order valence-electron chi connectivity index (χ3n) is 5.21. The van der Waals surface area contributed by atoms with Gasteiger partial charge in [0.05, 0.1) is 40.8 Å². The number of alkyl halides is 1. The molecule has 0 spiro atoms. The number of ether oxygens (including phenoxy) is 1. The van der Waals surface area contributed by atoms with E-state index in [2.05, 4.69) is 14.8 Å². The first-order valence-corrected chi connectivity index (χ1v) is 11.7. The molecule has 160 valence electrons. The van der Waals surface area contributed by atoms with Crippen LogP contribution >= 0.6 is 11.9 Å². The number of imidazole rings is 1. The standard InChI is InChI=1S/C17H24FN5O4S2/c1-11-19-15(28-20-11)23-14-9-12(29(25,26)21-17(10-18)5-6-17)3-4-13(14)22(16(23)24)7-8-27-2/h3-4,9,11,15,19-21H,5-8,10H2,1-2H3. The van der Waals surface area contributed by atoms with Crippen LogP contribution in [0, 0.1) is 0 Å². The molecule has 4 rings (SSSR count). The number of hydrogen-bond acceptors (Lipinski definition) is 7. The molecule has 1 aromatic heterocycles. The maximum absolute atomic E-state index is 13.2. The van der Waals surface area contributed by atoms with Crippen LogP contribution in [-0.4, -0.2) is 49.6 Å². The second-order valence-electron chi connectivity index (χ2n) is 7.44. The summed E-state index contributed by atoms with van der Waals surface area (Å²) < 4.78 is 52.7. The zero-order valence-electron chi connectivity index (χ0n) is 16.1. The quantitative estimate of drug-likeness (QED) is 0.518. The van der Waals surface area contributed by atoms with Crippen LogP contribution in [0.3, 0.4) is 0 Å². The molecule has 2 aromatic rings. The Bertz CT molecular complexity index is 1080. The number of fused-ring (bicyclic) bond motifs is 1. The predicted octanol–water partition coefficient (Wildman–Crippen LogP) is 0.873. The second-order valence-corrected chi connectivity index (χ2v) is 10.0. The van der Waals surface area contributed by atoms with Crippen molar-refractivity contribution in [2.45, 2.75) is 48.4 Å². The molecule has 0 radical (unpaired) electrons. The van der Waals surface area contributed by atoms with Crippen LogP contribution in [-0.2, 0) is 21.3 Å². The first-order valence-electron chi connectivity index (χ1n) is 9.31. The summed E-state index contributed by atoms with van der Waals surface area (Å²) in [6, 6.07) is 4.53. The van der Waals surface area contributed by atoms with Crippen molar-refractivity contribution in [3.8, 4) is 0 Å². The van der Waals surface area contributed by atoms with E-state index >= 15 is 0 Å². The Labute approximate surface area is 172 Å². The van der Waals surface area contributed by atoms with Gasteiger partial charge >= 0.3 is 5.69 Å². The van der Waals surface area contributed by atoms with Crippen LogP contribution in [0.15, 0.2) is 27.9 Å². The number of sulfonamides is 1. The maximum atomic E-state index is 13.2. The van der Waals surface area contributed by atoms with Crippen LogP contribution in [0.5, 0.6) is 0 Å². The largest absolute Gasteiger partial charge is 0.383 e. The monoisotopic (exact) mass is 445 g/mol. The number of nitrogens with one attached hydrogen (secondary N) is 3. The van der Waals surface area contributed by atoms with E-state index in [-0.39, 0.29) is 16.8 Å². The molecule has 1 saturated carbocycles. The summed E-state index contributed by atoms with van der Waals surface area (Å²) in [7, 11) is -2.36. The minimum Gasteiger partial charge on any atom is -0.383 e. The third-order valence-corrected chi connectivity index (χ3v) is 7.84. The minimum absolute atomic E-state index is 0.00590. The molecule has 1 aromatic carbocycles. The first-order chi connectivity index (χ1) is 13.8. The number of methoxy groups -OCH3 is 1. The third kappa shape index (κ3) is 3.84. The lowest BCUT2D eigenvalue weighted by molar-refractivity contribution is 0.187. The van der Waals surface area contributed by atoms with Gasteiger partial charge < -0.3 is 4.74 Å². The Balaban J connectivity index is 1.81. The van der Waals surface area contributed by atoms with E-state index in [1.807, 2.05) is 6.92 Å². The van der Waals surface area contributed by atoms with Gasteiger partial charge in [0.2, 0.25) is 10.0 Å². The summed E-state index contributed by atoms with van der Waals surface area (Å²) in [6.07, 6.45) is 0.951. The van der Waals surface area contributed by atoms with Crippen LogP contribution < -0.4 is 20.5 Å². The second kappa shape index (κ2) is 7.67. The fraction of sp³-hybridized carbons (Fsp3) is 0.588. The smallest absolute Gasteiger partial charge is 0.331 e. The van der Waals surface area contributed by atoms with Gasteiger partial charge in [-0.05, 0) is 49.9 Å². The van der Waals surface area contributed by atoms with Gasteiger partial charge in [0.1, 0.15) is 6.67 Å². The lowest BCUT2D eigenvalue weighted by atomic mass is 10.3. The molecule has 1 aliphatic heterocycles. The minimum atomic E-state index is -3.91. The highest BCUT2D eigenvalue weighted by atomic mass is 32.2. The van der Waals surface area contributed by atoms with Crippen molar-refractivity contribution >= 4 is 33.0 Å². The van der Waals surface area contributed by atoms with Crippen LogP contribution in [0.2, 0.25) is 0 Å². The molecule has 2 unspecified atom stereocenters. The van der Waals surface area contributed by atoms with Gasteiger partial charge in [-0.1, -0.05) is 0 Å². The molecule has 2 atom stereocenters. The van der Waals surface area contributed by atoms with Crippen molar-refractivity contribution in [3.05, 3.63) is 28.7 Å². The van der Waals surface area contributed by atoms with Crippen molar-refractivity contribution < 1.29 is 17.5 Å². The average molecular weight is 446 g/mol. The highest BCUT2D eigenvalue weighted by molar-refractivity contribution is 7.97. The van der Waals surface area contributed by atoms with Crippen LogP contribution in [0.25, 0.3) is 11.0 Å². The molecule has 12 heteroatoms. The summed E-state index contributed by atoms with van der Waals surface area (Å²) in [5.41, 5.74) is -0.544. The van der Waals surface area contributed by atoms with Crippen LogP contribution in [0.4, 0.5) is 4.39 Å². The van der Waals surface area contributed by atoms with Crippen molar-refractivity contribution in [2.24, 2.45) is 0 Å². The molecular formula is C17H24FN5O4S2. The van der Waals surface area contributed by atoms with E-state index in [4.69, 9.17) is 4.74 Å². The number of benzene rings is 1. The van der Waals surface area contributed by atoms with Gasteiger partial charge in [-0.15, -0.1) is 0 Å². The summed E-state index contributed by atoms with van der Waals surface area (Å²) >= 11 is 1.35. The first kappa shape index (κ1) is 20.8. The Morgan fingerprint density at radius 3 is 2.72 bits per heavy atom. The van der Waals surface area contributed by atoms with Gasteiger partial charge in [0.25, 0.3) is 0 Å². The number of aromatic nitrogens is 2. The van der Waals surface area contributed by atoms with Crippen molar-refractivity contribution in [1.29, 1.82) is 0 Å². The Morgan fingerprint density at radius 2 is 2.14 bits per heavy atom. The van der Waals surface area contributed by atoms with Crippen molar-refractivity contribution in [2.75, 3.05) is 20.4 Å². The number of halogens is 1. The normalized spacial score (nSPS) is 23.7. The van der Waals surface area contributed by atoms with E-state index in [1.165, 1.54) is 28.6 Å². The number of nitrogens with zero attached hydrogens (tertiary/aromatic N) is 2. The molecule has 9 nitrogen and oxygen atoms in total. The zero-order chi connectivity index (χ0) is 20.8. The molecule has 29 heavy (non-hydrogen) atoms.